The van der Waals surface area contributed by atoms with E-state index >= 15 is 0 Å². The van der Waals surface area contributed by atoms with Crippen molar-refractivity contribution >= 4 is 29.6 Å². The summed E-state index contributed by atoms with van der Waals surface area (Å²) in [5.41, 5.74) is 0.829. The van der Waals surface area contributed by atoms with Crippen LogP contribution in [0.2, 0.25) is 5.02 Å². The normalized spacial score (nSPS) is 11.0. The first kappa shape index (κ1) is 20.3. The Hall–Kier alpha value is -3.06. The average Bonchev–Trinajstić information content (AvgIpc) is 2.60. The number of hydrogen-bond acceptors (Lipinski definition) is 4. The molecule has 0 unspecified atom stereocenters. The van der Waals surface area contributed by atoms with E-state index in [2.05, 4.69) is 5.32 Å². The van der Waals surface area contributed by atoms with Crippen LogP contribution in [0, 0.1) is 5.82 Å². The van der Waals surface area contributed by atoms with Crippen molar-refractivity contribution in [3.63, 3.8) is 0 Å². The zero-order valence-electron chi connectivity index (χ0n) is 14.6. The number of carbonyl (C=O) groups is 2. The maximum atomic E-state index is 13.0. The molecule has 0 aromatic heterocycles. The zero-order valence-corrected chi connectivity index (χ0v) is 15.3. The summed E-state index contributed by atoms with van der Waals surface area (Å²) >= 11 is 6.24. The minimum absolute atomic E-state index is 0.137. The molecule has 6 nitrogen and oxygen atoms in total. The van der Waals surface area contributed by atoms with Crippen molar-refractivity contribution in [1.29, 1.82) is 0 Å². The molecule has 0 fully saturated rings. The highest BCUT2D eigenvalue weighted by atomic mass is 35.5. The molecule has 0 aliphatic rings. The Labute approximate surface area is 160 Å². The number of nitrogens with one attached hydrogen (secondary N) is 1. The predicted octanol–water partition coefficient (Wildman–Crippen LogP) is 3.63. The summed E-state index contributed by atoms with van der Waals surface area (Å²) in [7, 11) is 1.41. The molecule has 0 saturated carbocycles. The maximum Gasteiger partial charge on any atom is 0.352 e. The summed E-state index contributed by atoms with van der Waals surface area (Å²) in [6.07, 6.45) is 1.25. The van der Waals surface area contributed by atoms with Gasteiger partial charge in [0.25, 0.3) is 0 Å². The molecule has 142 valence electrons. The van der Waals surface area contributed by atoms with E-state index in [9.17, 15) is 14.0 Å². The largest absolute Gasteiger partial charge is 0.493 e. The number of carbonyl (C=O) groups excluding carboxylic acids is 1. The Balaban J connectivity index is 2.29. The highest BCUT2D eigenvalue weighted by Gasteiger charge is 2.14. The Morgan fingerprint density at radius 3 is 2.48 bits per heavy atom. The summed E-state index contributed by atoms with van der Waals surface area (Å²) in [6.45, 7) is 1.34. The van der Waals surface area contributed by atoms with Crippen molar-refractivity contribution in [1.82, 2.24) is 5.32 Å². The van der Waals surface area contributed by atoms with Gasteiger partial charge in [-0.2, -0.15) is 0 Å². The SMILES string of the molecule is COc1cc(C=C(NC(C)=O)C(=O)O)cc(Cl)c1OCc1ccc(F)cc1. The van der Waals surface area contributed by atoms with E-state index in [1.54, 1.807) is 12.1 Å². The number of amides is 1. The summed E-state index contributed by atoms with van der Waals surface area (Å²) in [5, 5.41) is 11.6. The van der Waals surface area contributed by atoms with E-state index in [0.29, 0.717) is 5.56 Å². The number of rotatable bonds is 7. The van der Waals surface area contributed by atoms with Crippen molar-refractivity contribution in [3.05, 3.63) is 64.1 Å². The van der Waals surface area contributed by atoms with E-state index in [4.69, 9.17) is 26.2 Å². The third-order valence-corrected chi connectivity index (χ3v) is 3.68. The maximum absolute atomic E-state index is 13.0. The van der Waals surface area contributed by atoms with E-state index in [-0.39, 0.29) is 34.6 Å². The van der Waals surface area contributed by atoms with Crippen LogP contribution in [0.4, 0.5) is 4.39 Å². The molecule has 0 saturated heterocycles. The lowest BCUT2D eigenvalue weighted by molar-refractivity contribution is -0.134. The molecule has 27 heavy (non-hydrogen) atoms. The lowest BCUT2D eigenvalue weighted by atomic mass is 10.1. The molecule has 0 bridgehead atoms. The van der Waals surface area contributed by atoms with Crippen LogP contribution in [-0.2, 0) is 16.2 Å². The first-order chi connectivity index (χ1) is 12.8. The standard InChI is InChI=1S/C19H17ClFNO5/c1-11(23)22-16(19(24)25)8-13-7-15(20)18(17(9-13)26-2)27-10-12-3-5-14(21)6-4-12/h3-9H,10H2,1-2H3,(H,22,23)(H,24,25). The topological polar surface area (TPSA) is 84.9 Å². The van der Waals surface area contributed by atoms with Gasteiger partial charge < -0.3 is 19.9 Å². The van der Waals surface area contributed by atoms with Gasteiger partial charge in [0.2, 0.25) is 5.91 Å². The number of hydrogen-bond donors (Lipinski definition) is 2. The number of halogens is 2. The molecule has 2 rings (SSSR count). The smallest absolute Gasteiger partial charge is 0.352 e. The number of ether oxygens (including phenoxy) is 2. The number of benzene rings is 2. The molecule has 0 heterocycles. The van der Waals surface area contributed by atoms with Gasteiger partial charge in [0, 0.05) is 6.92 Å². The second-order valence-corrected chi connectivity index (χ2v) is 5.90. The van der Waals surface area contributed by atoms with E-state index in [1.165, 1.54) is 44.4 Å². The zero-order chi connectivity index (χ0) is 20.0. The van der Waals surface area contributed by atoms with Crippen LogP contribution < -0.4 is 14.8 Å². The van der Waals surface area contributed by atoms with E-state index in [0.717, 1.165) is 5.56 Å². The molecular formula is C19H17ClFNO5. The van der Waals surface area contributed by atoms with Gasteiger partial charge >= 0.3 is 5.97 Å². The molecule has 0 atom stereocenters. The predicted molar refractivity (Wildman–Crippen MR) is 98.2 cm³/mol. The Bertz CT molecular complexity index is 880. The van der Waals surface area contributed by atoms with Crippen molar-refractivity contribution in [2.75, 3.05) is 7.11 Å². The molecule has 0 aliphatic carbocycles. The molecule has 1 amide bonds. The third-order valence-electron chi connectivity index (χ3n) is 3.40. The molecule has 0 radical (unpaired) electrons. The van der Waals surface area contributed by atoms with Crippen molar-refractivity contribution < 1.29 is 28.6 Å². The average molecular weight is 394 g/mol. The van der Waals surface area contributed by atoms with Gasteiger partial charge in [-0.15, -0.1) is 0 Å². The number of methoxy groups -OCH3 is 1. The third kappa shape index (κ3) is 5.72. The molecule has 2 N–H and O–H groups in total. The van der Waals surface area contributed by atoms with Crippen LogP contribution >= 0.6 is 11.6 Å². The van der Waals surface area contributed by atoms with Gasteiger partial charge in [-0.3, -0.25) is 4.79 Å². The van der Waals surface area contributed by atoms with Crippen LogP contribution in [0.1, 0.15) is 18.1 Å². The van der Waals surface area contributed by atoms with Gasteiger partial charge in [-0.25, -0.2) is 9.18 Å². The summed E-state index contributed by atoms with van der Waals surface area (Å²) in [6, 6.07) is 8.81. The highest BCUT2D eigenvalue weighted by molar-refractivity contribution is 6.32. The fraction of sp³-hybridized carbons (Fsp3) is 0.158. The second kappa shape index (κ2) is 9.05. The van der Waals surface area contributed by atoms with Crippen LogP contribution in [0.15, 0.2) is 42.1 Å². The lowest BCUT2D eigenvalue weighted by Crippen LogP contribution is -2.24. The quantitative estimate of drug-likeness (QED) is 0.702. The molecule has 2 aromatic carbocycles. The van der Waals surface area contributed by atoms with Crippen LogP contribution in [0.5, 0.6) is 11.5 Å². The number of aliphatic carboxylic acids is 1. The fourth-order valence-corrected chi connectivity index (χ4v) is 2.48. The fourth-order valence-electron chi connectivity index (χ4n) is 2.21. The van der Waals surface area contributed by atoms with Crippen molar-refractivity contribution in [3.8, 4) is 11.5 Å². The van der Waals surface area contributed by atoms with Crippen molar-refractivity contribution in [2.24, 2.45) is 0 Å². The molecule has 8 heteroatoms. The van der Waals surface area contributed by atoms with Crippen LogP contribution in [0.25, 0.3) is 6.08 Å². The van der Waals surface area contributed by atoms with E-state index in [1.807, 2.05) is 0 Å². The lowest BCUT2D eigenvalue weighted by Gasteiger charge is -2.14. The molecule has 0 aliphatic heterocycles. The van der Waals surface area contributed by atoms with Gasteiger partial charge in [0.1, 0.15) is 18.1 Å². The molecule has 0 spiro atoms. The van der Waals surface area contributed by atoms with Crippen LogP contribution in [0.3, 0.4) is 0 Å². The Kier molecular flexibility index (Phi) is 6.79. The minimum Gasteiger partial charge on any atom is -0.493 e. The summed E-state index contributed by atoms with van der Waals surface area (Å²) < 4.78 is 23.9. The number of carboxylic acid groups (broad SMARTS) is 1. The Morgan fingerprint density at radius 1 is 1.26 bits per heavy atom. The second-order valence-electron chi connectivity index (χ2n) is 5.49. The summed E-state index contributed by atoms with van der Waals surface area (Å²) in [5.74, 6) is -1.61. The van der Waals surface area contributed by atoms with Crippen molar-refractivity contribution in [2.45, 2.75) is 13.5 Å². The number of carboxylic acids is 1. The highest BCUT2D eigenvalue weighted by Crippen LogP contribution is 2.37. The van der Waals surface area contributed by atoms with Gasteiger partial charge in [0.15, 0.2) is 11.5 Å². The minimum atomic E-state index is -1.29. The van der Waals surface area contributed by atoms with Gasteiger partial charge in [-0.05, 0) is 41.5 Å². The summed E-state index contributed by atoms with van der Waals surface area (Å²) in [4.78, 5) is 22.4. The molecular weight excluding hydrogens is 377 g/mol. The molecule has 2 aromatic rings. The first-order valence-corrected chi connectivity index (χ1v) is 8.15. The Morgan fingerprint density at radius 2 is 1.93 bits per heavy atom. The first-order valence-electron chi connectivity index (χ1n) is 7.77. The van der Waals surface area contributed by atoms with E-state index < -0.39 is 11.9 Å². The van der Waals surface area contributed by atoms with Crippen LogP contribution in [-0.4, -0.2) is 24.1 Å². The van der Waals surface area contributed by atoms with Gasteiger partial charge in [-0.1, -0.05) is 23.7 Å². The monoisotopic (exact) mass is 393 g/mol. The van der Waals surface area contributed by atoms with Gasteiger partial charge in [0.05, 0.1) is 12.1 Å².